The molecule has 0 aliphatic carbocycles. The van der Waals surface area contributed by atoms with E-state index in [1.165, 1.54) is 17.5 Å². The summed E-state index contributed by atoms with van der Waals surface area (Å²) in [5, 5.41) is 5.16. The quantitative estimate of drug-likeness (QED) is 0.741. The molecule has 0 N–H and O–H groups in total. The van der Waals surface area contributed by atoms with Gasteiger partial charge in [-0.15, -0.1) is 23.4 Å². The van der Waals surface area contributed by atoms with Crippen molar-refractivity contribution in [3.8, 4) is 0 Å². The van der Waals surface area contributed by atoms with E-state index in [-0.39, 0.29) is 5.60 Å². The van der Waals surface area contributed by atoms with Crippen molar-refractivity contribution in [1.82, 2.24) is 0 Å². The normalized spacial score (nSPS) is 22.2. The van der Waals surface area contributed by atoms with Gasteiger partial charge in [0.25, 0.3) is 0 Å². The summed E-state index contributed by atoms with van der Waals surface area (Å²) in [6.45, 7) is 4.20. The number of thioether (sulfide) groups is 1. The molecule has 1 aromatic rings. The molecule has 104 valence electrons. The highest BCUT2D eigenvalue weighted by Crippen LogP contribution is 2.30. The first-order valence-corrected chi connectivity index (χ1v) is 8.19. The zero-order valence-electron chi connectivity index (χ0n) is 11.5. The van der Waals surface area contributed by atoms with E-state index in [0.29, 0.717) is 5.88 Å². The lowest BCUT2D eigenvalue weighted by molar-refractivity contribution is 0.0152. The fraction of sp³-hybridized carbons (Fsp3) is 0.533. The Hall–Kier alpha value is -0.670. The minimum atomic E-state index is -0.311. The van der Waals surface area contributed by atoms with Crippen molar-refractivity contribution in [2.75, 3.05) is 5.88 Å². The SMILES string of the molecule is CCCc1ccc(CSC2=NOC(C)(CCl)C2)cc1. The van der Waals surface area contributed by atoms with Crippen LogP contribution in [0, 0.1) is 0 Å². The van der Waals surface area contributed by atoms with Crippen LogP contribution in [0.1, 0.15) is 37.8 Å². The molecule has 19 heavy (non-hydrogen) atoms. The fourth-order valence-corrected chi connectivity index (χ4v) is 3.12. The highest BCUT2D eigenvalue weighted by Gasteiger charge is 2.33. The highest BCUT2D eigenvalue weighted by atomic mass is 35.5. The number of oxime groups is 1. The predicted molar refractivity (Wildman–Crippen MR) is 84.0 cm³/mol. The third kappa shape index (κ3) is 4.15. The van der Waals surface area contributed by atoms with Crippen molar-refractivity contribution in [2.45, 2.75) is 44.5 Å². The number of halogens is 1. The molecule has 1 heterocycles. The number of hydrogen-bond donors (Lipinski definition) is 0. The van der Waals surface area contributed by atoms with Crippen molar-refractivity contribution in [3.05, 3.63) is 35.4 Å². The fourth-order valence-electron chi connectivity index (χ4n) is 1.95. The van der Waals surface area contributed by atoms with Gasteiger partial charge in [0.15, 0.2) is 5.60 Å². The minimum Gasteiger partial charge on any atom is -0.387 e. The van der Waals surface area contributed by atoms with Crippen LogP contribution in [0.4, 0.5) is 0 Å². The molecule has 0 radical (unpaired) electrons. The maximum Gasteiger partial charge on any atom is 0.154 e. The first kappa shape index (κ1) is 14.7. The molecular formula is C15H20ClNOS. The highest BCUT2D eigenvalue weighted by molar-refractivity contribution is 8.13. The maximum absolute atomic E-state index is 5.87. The summed E-state index contributed by atoms with van der Waals surface area (Å²) < 4.78 is 0. The van der Waals surface area contributed by atoms with E-state index in [4.69, 9.17) is 16.4 Å². The van der Waals surface area contributed by atoms with Crippen LogP contribution in [0.2, 0.25) is 0 Å². The Morgan fingerprint density at radius 3 is 2.58 bits per heavy atom. The van der Waals surface area contributed by atoms with Gasteiger partial charge in [-0.05, 0) is 24.5 Å². The number of benzene rings is 1. The summed E-state index contributed by atoms with van der Waals surface area (Å²) in [6.07, 6.45) is 3.16. The monoisotopic (exact) mass is 297 g/mol. The van der Waals surface area contributed by atoms with Gasteiger partial charge in [-0.2, -0.15) is 0 Å². The summed E-state index contributed by atoms with van der Waals surface area (Å²) in [5.74, 6) is 1.42. The Morgan fingerprint density at radius 2 is 2.00 bits per heavy atom. The zero-order valence-corrected chi connectivity index (χ0v) is 13.1. The summed E-state index contributed by atoms with van der Waals surface area (Å²) in [4.78, 5) is 5.38. The summed E-state index contributed by atoms with van der Waals surface area (Å²) in [6, 6.07) is 8.84. The van der Waals surface area contributed by atoms with Gasteiger partial charge in [0.1, 0.15) is 5.04 Å². The predicted octanol–water partition coefficient (Wildman–Crippen LogP) is 4.60. The number of alkyl halides is 1. The van der Waals surface area contributed by atoms with Crippen LogP contribution in [0.25, 0.3) is 0 Å². The summed E-state index contributed by atoms with van der Waals surface area (Å²) in [7, 11) is 0. The van der Waals surface area contributed by atoms with E-state index in [1.807, 2.05) is 6.92 Å². The number of aryl methyl sites for hydroxylation is 1. The van der Waals surface area contributed by atoms with E-state index in [0.717, 1.165) is 23.6 Å². The molecular weight excluding hydrogens is 278 g/mol. The Bertz CT molecular complexity index is 446. The maximum atomic E-state index is 5.87. The molecule has 0 spiro atoms. The van der Waals surface area contributed by atoms with E-state index in [9.17, 15) is 0 Å². The molecule has 0 bridgehead atoms. The van der Waals surface area contributed by atoms with Crippen molar-refractivity contribution in [2.24, 2.45) is 5.16 Å². The molecule has 1 aliphatic heterocycles. The molecule has 4 heteroatoms. The van der Waals surface area contributed by atoms with Crippen molar-refractivity contribution < 1.29 is 4.84 Å². The van der Waals surface area contributed by atoms with Gasteiger partial charge in [-0.3, -0.25) is 0 Å². The van der Waals surface area contributed by atoms with E-state index in [1.54, 1.807) is 11.8 Å². The number of hydrogen-bond acceptors (Lipinski definition) is 3. The van der Waals surface area contributed by atoms with Gasteiger partial charge >= 0.3 is 0 Å². The Kier molecular flexibility index (Phi) is 5.17. The second-order valence-electron chi connectivity index (χ2n) is 5.19. The second-order valence-corrected chi connectivity index (χ2v) is 6.51. The molecule has 2 rings (SSSR count). The van der Waals surface area contributed by atoms with Crippen LogP contribution in [0.3, 0.4) is 0 Å². The van der Waals surface area contributed by atoms with Gasteiger partial charge in [0.05, 0.1) is 5.88 Å². The van der Waals surface area contributed by atoms with E-state index < -0.39 is 0 Å². The topological polar surface area (TPSA) is 21.6 Å². The second kappa shape index (κ2) is 6.67. The molecule has 1 aromatic carbocycles. The van der Waals surface area contributed by atoms with Crippen LogP contribution >= 0.6 is 23.4 Å². The van der Waals surface area contributed by atoms with Crippen LogP contribution in [-0.2, 0) is 17.0 Å². The van der Waals surface area contributed by atoms with Gasteiger partial charge < -0.3 is 4.84 Å². The lowest BCUT2D eigenvalue weighted by Crippen LogP contribution is -2.26. The smallest absolute Gasteiger partial charge is 0.154 e. The van der Waals surface area contributed by atoms with Gasteiger partial charge in [0, 0.05) is 12.2 Å². The van der Waals surface area contributed by atoms with E-state index >= 15 is 0 Å². The average molecular weight is 298 g/mol. The largest absolute Gasteiger partial charge is 0.387 e. The molecule has 1 unspecified atom stereocenters. The lowest BCUT2D eigenvalue weighted by atomic mass is 10.1. The molecule has 2 nitrogen and oxygen atoms in total. The van der Waals surface area contributed by atoms with Crippen LogP contribution in [0.15, 0.2) is 29.4 Å². The molecule has 0 saturated carbocycles. The average Bonchev–Trinajstić information content (AvgIpc) is 2.81. The Balaban J connectivity index is 1.83. The van der Waals surface area contributed by atoms with Gasteiger partial charge in [0.2, 0.25) is 0 Å². The summed E-state index contributed by atoms with van der Waals surface area (Å²) >= 11 is 7.61. The standard InChI is InChI=1S/C15H20ClNOS/c1-3-4-12-5-7-13(8-6-12)10-19-14-9-15(2,11-16)18-17-14/h5-8H,3-4,9-11H2,1-2H3. The number of nitrogens with zero attached hydrogens (tertiary/aromatic N) is 1. The zero-order chi connectivity index (χ0) is 13.7. The molecule has 0 saturated heterocycles. The molecule has 0 aromatic heterocycles. The first-order chi connectivity index (χ1) is 9.15. The summed E-state index contributed by atoms with van der Waals surface area (Å²) in [5.41, 5.74) is 2.43. The third-order valence-corrected chi connectivity index (χ3v) is 4.74. The Morgan fingerprint density at radius 1 is 1.32 bits per heavy atom. The molecule has 0 fully saturated rings. The van der Waals surface area contributed by atoms with Gasteiger partial charge in [-0.1, -0.05) is 42.8 Å². The molecule has 1 atom stereocenters. The first-order valence-electron chi connectivity index (χ1n) is 6.67. The van der Waals surface area contributed by atoms with Crippen molar-refractivity contribution >= 4 is 28.4 Å². The molecule has 0 amide bonds. The van der Waals surface area contributed by atoms with Crippen LogP contribution in [0.5, 0.6) is 0 Å². The van der Waals surface area contributed by atoms with Crippen LogP contribution < -0.4 is 0 Å². The van der Waals surface area contributed by atoms with Gasteiger partial charge in [-0.25, -0.2) is 0 Å². The molecule has 1 aliphatic rings. The Labute approximate surface area is 124 Å². The lowest BCUT2D eigenvalue weighted by Gasteiger charge is -2.16. The van der Waals surface area contributed by atoms with E-state index in [2.05, 4.69) is 36.3 Å². The van der Waals surface area contributed by atoms with Crippen molar-refractivity contribution in [1.29, 1.82) is 0 Å². The third-order valence-electron chi connectivity index (χ3n) is 3.14. The van der Waals surface area contributed by atoms with Crippen LogP contribution in [-0.4, -0.2) is 16.5 Å². The minimum absolute atomic E-state index is 0.311. The van der Waals surface area contributed by atoms with Crippen molar-refractivity contribution in [3.63, 3.8) is 0 Å². The number of rotatable bonds is 5.